The highest BCUT2D eigenvalue weighted by molar-refractivity contribution is 5.85. The maximum atomic E-state index is 11.5. The smallest absolute Gasteiger partial charge is 0.407 e. The van der Waals surface area contributed by atoms with Gasteiger partial charge >= 0.3 is 12.1 Å². The van der Waals surface area contributed by atoms with Crippen molar-refractivity contribution in [2.24, 2.45) is 0 Å². The Morgan fingerprint density at radius 1 is 1.10 bits per heavy atom. The molecule has 1 aromatic heterocycles. The fourth-order valence-electron chi connectivity index (χ4n) is 1.60. The van der Waals surface area contributed by atoms with Crippen LogP contribution in [-0.2, 0) is 17.9 Å². The molecule has 0 unspecified atom stereocenters. The van der Waals surface area contributed by atoms with Crippen molar-refractivity contribution in [1.29, 1.82) is 0 Å². The van der Waals surface area contributed by atoms with Crippen LogP contribution in [-0.4, -0.2) is 22.2 Å². The van der Waals surface area contributed by atoms with Gasteiger partial charge in [-0.05, 0) is 17.2 Å². The summed E-state index contributed by atoms with van der Waals surface area (Å²) >= 11 is 0. The molecule has 0 aliphatic carbocycles. The van der Waals surface area contributed by atoms with Gasteiger partial charge in [0.15, 0.2) is 0 Å². The van der Waals surface area contributed by atoms with Gasteiger partial charge in [0.1, 0.15) is 12.3 Å². The van der Waals surface area contributed by atoms with Gasteiger partial charge in [-0.1, -0.05) is 36.4 Å². The van der Waals surface area contributed by atoms with Gasteiger partial charge in [0.05, 0.1) is 0 Å². The monoisotopic (exact) mass is 286 g/mol. The zero-order valence-corrected chi connectivity index (χ0v) is 11.2. The lowest BCUT2D eigenvalue weighted by Crippen LogP contribution is -2.23. The number of amides is 1. The van der Waals surface area contributed by atoms with Gasteiger partial charge in [0.25, 0.3) is 0 Å². The van der Waals surface area contributed by atoms with Crippen molar-refractivity contribution in [3.05, 3.63) is 65.5 Å². The minimum absolute atomic E-state index is 0.0367. The molecule has 108 valence electrons. The quantitative estimate of drug-likeness (QED) is 0.879. The molecule has 2 N–H and O–H groups in total. The van der Waals surface area contributed by atoms with Gasteiger partial charge in [-0.3, -0.25) is 0 Å². The van der Waals surface area contributed by atoms with Gasteiger partial charge in [0, 0.05) is 12.7 Å². The molecule has 0 fully saturated rings. The summed E-state index contributed by atoms with van der Waals surface area (Å²) in [6.45, 7) is 0.420. The number of benzene rings is 1. The summed E-state index contributed by atoms with van der Waals surface area (Å²) in [5.74, 6) is -1.09. The van der Waals surface area contributed by atoms with E-state index in [1.807, 2.05) is 30.3 Å². The van der Waals surface area contributed by atoms with E-state index >= 15 is 0 Å². The molecule has 6 nitrogen and oxygen atoms in total. The zero-order chi connectivity index (χ0) is 15.1. The predicted molar refractivity (Wildman–Crippen MR) is 74.7 cm³/mol. The number of rotatable bonds is 5. The third-order valence-corrected chi connectivity index (χ3v) is 2.69. The maximum absolute atomic E-state index is 11.5. The molecule has 0 atom stereocenters. The third kappa shape index (κ3) is 4.61. The van der Waals surface area contributed by atoms with Crippen LogP contribution in [0.15, 0.2) is 48.7 Å². The molecule has 0 radical (unpaired) electrons. The summed E-state index contributed by atoms with van der Waals surface area (Å²) in [5.41, 5.74) is 1.56. The highest BCUT2D eigenvalue weighted by Crippen LogP contribution is 2.02. The van der Waals surface area contributed by atoms with Gasteiger partial charge in [-0.15, -0.1) is 0 Å². The minimum Gasteiger partial charge on any atom is -0.477 e. The molecule has 1 amide bonds. The Labute approximate surface area is 121 Å². The minimum atomic E-state index is -1.09. The number of aromatic nitrogens is 1. The van der Waals surface area contributed by atoms with E-state index in [0.717, 1.165) is 5.56 Å². The number of hydrogen-bond acceptors (Lipinski definition) is 4. The van der Waals surface area contributed by atoms with Crippen molar-refractivity contribution < 1.29 is 19.4 Å². The Bertz CT molecular complexity index is 611. The van der Waals surface area contributed by atoms with Crippen molar-refractivity contribution >= 4 is 12.1 Å². The van der Waals surface area contributed by atoms with E-state index in [2.05, 4.69) is 10.3 Å². The molecule has 2 rings (SSSR count). The highest BCUT2D eigenvalue weighted by Gasteiger charge is 2.05. The van der Waals surface area contributed by atoms with Gasteiger partial charge in [-0.2, -0.15) is 0 Å². The van der Waals surface area contributed by atoms with Crippen LogP contribution >= 0.6 is 0 Å². The number of nitrogens with zero attached hydrogens (tertiary/aromatic N) is 1. The molecule has 0 aliphatic rings. The van der Waals surface area contributed by atoms with E-state index in [1.165, 1.54) is 12.3 Å². The summed E-state index contributed by atoms with van der Waals surface area (Å²) in [5, 5.41) is 11.3. The van der Waals surface area contributed by atoms with Crippen LogP contribution in [0.4, 0.5) is 4.79 Å². The average molecular weight is 286 g/mol. The van der Waals surface area contributed by atoms with Crippen LogP contribution in [0, 0.1) is 0 Å². The first kappa shape index (κ1) is 14.5. The second-order valence-corrected chi connectivity index (χ2v) is 4.27. The SMILES string of the molecule is O=C(NCc1ccc(C(=O)O)nc1)OCc1ccccc1. The van der Waals surface area contributed by atoms with Gasteiger partial charge in [-0.25, -0.2) is 14.6 Å². The fourth-order valence-corrected chi connectivity index (χ4v) is 1.60. The number of carbonyl (C=O) groups is 2. The molecule has 21 heavy (non-hydrogen) atoms. The number of carbonyl (C=O) groups excluding carboxylic acids is 1. The van der Waals surface area contributed by atoms with Crippen molar-refractivity contribution in [2.45, 2.75) is 13.2 Å². The van der Waals surface area contributed by atoms with E-state index in [9.17, 15) is 9.59 Å². The van der Waals surface area contributed by atoms with Crippen molar-refractivity contribution in [3.8, 4) is 0 Å². The number of aromatic carboxylic acids is 1. The first-order valence-electron chi connectivity index (χ1n) is 6.28. The van der Waals surface area contributed by atoms with E-state index in [0.29, 0.717) is 5.56 Å². The topological polar surface area (TPSA) is 88.5 Å². The number of nitrogens with one attached hydrogen (secondary N) is 1. The van der Waals surface area contributed by atoms with Crippen LogP contribution in [0.1, 0.15) is 21.6 Å². The molecule has 6 heteroatoms. The Morgan fingerprint density at radius 2 is 1.86 bits per heavy atom. The van der Waals surface area contributed by atoms with Gasteiger partial charge < -0.3 is 15.2 Å². The average Bonchev–Trinajstić information content (AvgIpc) is 2.52. The zero-order valence-electron chi connectivity index (χ0n) is 11.2. The first-order chi connectivity index (χ1) is 10.1. The number of ether oxygens (including phenoxy) is 1. The predicted octanol–water partition coefficient (Wildman–Crippen LogP) is 2.21. The van der Waals surface area contributed by atoms with Crippen molar-refractivity contribution in [2.75, 3.05) is 0 Å². The Hall–Kier alpha value is -2.89. The Balaban J connectivity index is 1.77. The molecule has 0 saturated carbocycles. The fraction of sp³-hybridized carbons (Fsp3) is 0.133. The molecular weight excluding hydrogens is 272 g/mol. The lowest BCUT2D eigenvalue weighted by Gasteiger charge is -2.07. The summed E-state index contributed by atoms with van der Waals surface area (Å²) in [6.07, 6.45) is 0.863. The number of alkyl carbamates (subject to hydrolysis) is 1. The lowest BCUT2D eigenvalue weighted by atomic mass is 10.2. The molecule has 2 aromatic rings. The third-order valence-electron chi connectivity index (χ3n) is 2.69. The van der Waals surface area contributed by atoms with E-state index in [-0.39, 0.29) is 18.8 Å². The largest absolute Gasteiger partial charge is 0.477 e. The van der Waals surface area contributed by atoms with Crippen LogP contribution in [0.2, 0.25) is 0 Å². The Morgan fingerprint density at radius 3 is 2.48 bits per heavy atom. The van der Waals surface area contributed by atoms with Gasteiger partial charge in [0.2, 0.25) is 0 Å². The second-order valence-electron chi connectivity index (χ2n) is 4.27. The summed E-state index contributed by atoms with van der Waals surface area (Å²) in [4.78, 5) is 25.9. The number of carboxylic acid groups (broad SMARTS) is 1. The maximum Gasteiger partial charge on any atom is 0.407 e. The summed E-state index contributed by atoms with van der Waals surface area (Å²) < 4.78 is 5.05. The molecule has 0 spiro atoms. The number of pyridine rings is 1. The lowest BCUT2D eigenvalue weighted by molar-refractivity contribution is 0.0690. The van der Waals surface area contributed by atoms with Crippen LogP contribution in [0.25, 0.3) is 0 Å². The standard InChI is InChI=1S/C15H14N2O4/c18-14(19)13-7-6-12(8-16-13)9-17-15(20)21-10-11-4-2-1-3-5-11/h1-8H,9-10H2,(H,17,20)(H,18,19). The summed E-state index contributed by atoms with van der Waals surface area (Å²) in [7, 11) is 0. The van der Waals surface area contributed by atoms with Crippen molar-refractivity contribution in [1.82, 2.24) is 10.3 Å². The molecule has 1 aromatic carbocycles. The van der Waals surface area contributed by atoms with Crippen LogP contribution in [0.5, 0.6) is 0 Å². The molecule has 0 bridgehead atoms. The highest BCUT2D eigenvalue weighted by atomic mass is 16.5. The molecule has 0 saturated heterocycles. The van der Waals surface area contributed by atoms with E-state index in [4.69, 9.17) is 9.84 Å². The first-order valence-corrected chi connectivity index (χ1v) is 6.28. The number of hydrogen-bond donors (Lipinski definition) is 2. The molecule has 0 aliphatic heterocycles. The summed E-state index contributed by atoms with van der Waals surface area (Å²) in [6, 6.07) is 12.3. The van der Waals surface area contributed by atoms with Crippen molar-refractivity contribution in [3.63, 3.8) is 0 Å². The molecular formula is C15H14N2O4. The van der Waals surface area contributed by atoms with E-state index < -0.39 is 12.1 Å². The normalized spacial score (nSPS) is 9.90. The van der Waals surface area contributed by atoms with Crippen LogP contribution in [0.3, 0.4) is 0 Å². The number of carboxylic acids is 1. The molecule has 1 heterocycles. The second kappa shape index (κ2) is 7.04. The van der Waals surface area contributed by atoms with E-state index in [1.54, 1.807) is 6.07 Å². The van der Waals surface area contributed by atoms with Crippen LogP contribution < -0.4 is 5.32 Å². The Kier molecular flexibility index (Phi) is 4.87.